The summed E-state index contributed by atoms with van der Waals surface area (Å²) in [5.41, 5.74) is 1.84. The zero-order valence-electron chi connectivity index (χ0n) is 12.7. The van der Waals surface area contributed by atoms with Crippen molar-refractivity contribution in [2.24, 2.45) is 0 Å². The van der Waals surface area contributed by atoms with E-state index in [0.717, 1.165) is 11.1 Å². The van der Waals surface area contributed by atoms with Gasteiger partial charge in [-0.05, 0) is 18.2 Å². The Morgan fingerprint density at radius 2 is 1.29 bits per heavy atom. The van der Waals surface area contributed by atoms with E-state index >= 15 is 0 Å². The lowest BCUT2D eigenvalue weighted by atomic mass is 9.97. The average molecular weight is 318 g/mol. The van der Waals surface area contributed by atoms with Crippen LogP contribution >= 0.6 is 0 Å². The van der Waals surface area contributed by atoms with E-state index in [1.807, 2.05) is 60.7 Å². The van der Waals surface area contributed by atoms with Gasteiger partial charge in [-0.15, -0.1) is 0 Å². The van der Waals surface area contributed by atoms with Crippen molar-refractivity contribution in [3.63, 3.8) is 0 Å². The van der Waals surface area contributed by atoms with Crippen LogP contribution in [-0.2, 0) is 5.79 Å². The summed E-state index contributed by atoms with van der Waals surface area (Å²) in [6, 6.07) is 23.9. The zero-order chi connectivity index (χ0) is 16.6. The SMILES string of the molecule is O=C(O)c1ccc2c(c1)OC(c1ccccc1)(c1ccccc1)O2. The molecule has 1 N–H and O–H groups in total. The van der Waals surface area contributed by atoms with Crippen LogP contribution in [0.15, 0.2) is 78.9 Å². The Morgan fingerprint density at radius 3 is 1.83 bits per heavy atom. The molecule has 1 aliphatic rings. The Kier molecular flexibility index (Phi) is 3.24. The third-order valence-corrected chi connectivity index (χ3v) is 4.01. The molecule has 0 fully saturated rings. The van der Waals surface area contributed by atoms with Gasteiger partial charge in [0.05, 0.1) is 5.56 Å². The molecule has 0 radical (unpaired) electrons. The third kappa shape index (κ3) is 2.20. The van der Waals surface area contributed by atoms with Crippen LogP contribution in [0, 0.1) is 0 Å². The van der Waals surface area contributed by atoms with Crippen molar-refractivity contribution >= 4 is 5.97 Å². The first kappa shape index (κ1) is 14.3. The van der Waals surface area contributed by atoms with Gasteiger partial charge in [0, 0.05) is 11.1 Å². The minimum Gasteiger partial charge on any atom is -0.478 e. The number of aromatic carboxylic acids is 1. The van der Waals surface area contributed by atoms with Crippen LogP contribution in [0.2, 0.25) is 0 Å². The minimum atomic E-state index is -1.12. The standard InChI is InChI=1S/C20H14O4/c21-19(22)14-11-12-17-18(13-14)24-20(23-17,15-7-3-1-4-8-15)16-9-5-2-6-10-16/h1-13H,(H,21,22). The minimum absolute atomic E-state index is 0.161. The quantitative estimate of drug-likeness (QED) is 0.791. The van der Waals surface area contributed by atoms with Crippen LogP contribution in [0.1, 0.15) is 21.5 Å². The lowest BCUT2D eigenvalue weighted by Crippen LogP contribution is -2.36. The van der Waals surface area contributed by atoms with Crippen molar-refractivity contribution in [2.45, 2.75) is 5.79 Å². The molecule has 0 atom stereocenters. The maximum absolute atomic E-state index is 11.2. The highest BCUT2D eigenvalue weighted by molar-refractivity contribution is 5.88. The monoisotopic (exact) mass is 318 g/mol. The number of benzene rings is 3. The number of hydrogen-bond acceptors (Lipinski definition) is 3. The van der Waals surface area contributed by atoms with Crippen molar-refractivity contribution in [3.8, 4) is 11.5 Å². The summed E-state index contributed by atoms with van der Waals surface area (Å²) < 4.78 is 12.4. The van der Waals surface area contributed by atoms with E-state index < -0.39 is 11.8 Å². The molecule has 0 unspecified atom stereocenters. The molecule has 1 heterocycles. The maximum atomic E-state index is 11.2. The highest BCUT2D eigenvalue weighted by Crippen LogP contribution is 2.47. The molecular weight excluding hydrogens is 304 g/mol. The van der Waals surface area contributed by atoms with Crippen LogP contribution in [-0.4, -0.2) is 11.1 Å². The largest absolute Gasteiger partial charge is 0.478 e. The van der Waals surface area contributed by atoms with Gasteiger partial charge in [-0.25, -0.2) is 4.79 Å². The summed E-state index contributed by atoms with van der Waals surface area (Å²) in [4.78, 5) is 11.2. The molecule has 0 saturated heterocycles. The average Bonchev–Trinajstić information content (AvgIpc) is 3.03. The van der Waals surface area contributed by atoms with Gasteiger partial charge in [0.1, 0.15) is 0 Å². The van der Waals surface area contributed by atoms with Gasteiger partial charge < -0.3 is 14.6 Å². The highest BCUT2D eigenvalue weighted by Gasteiger charge is 2.45. The number of ether oxygens (including phenoxy) is 2. The van der Waals surface area contributed by atoms with E-state index in [-0.39, 0.29) is 5.56 Å². The Labute approximate surface area is 138 Å². The second-order valence-electron chi connectivity index (χ2n) is 5.52. The molecule has 3 aromatic carbocycles. The fraction of sp³-hybridized carbons (Fsp3) is 0.0500. The van der Waals surface area contributed by atoms with Gasteiger partial charge in [0.25, 0.3) is 0 Å². The van der Waals surface area contributed by atoms with Gasteiger partial charge in [-0.3, -0.25) is 0 Å². The maximum Gasteiger partial charge on any atom is 0.335 e. The molecule has 0 aliphatic carbocycles. The second-order valence-corrected chi connectivity index (χ2v) is 5.52. The van der Waals surface area contributed by atoms with Gasteiger partial charge in [-0.1, -0.05) is 60.7 Å². The van der Waals surface area contributed by atoms with Crippen molar-refractivity contribution in [1.82, 2.24) is 0 Å². The summed E-state index contributed by atoms with van der Waals surface area (Å²) in [6.45, 7) is 0. The lowest BCUT2D eigenvalue weighted by molar-refractivity contribution is -0.0459. The molecule has 1 aliphatic heterocycles. The van der Waals surface area contributed by atoms with Crippen LogP contribution in [0.3, 0.4) is 0 Å². The topological polar surface area (TPSA) is 55.8 Å². The van der Waals surface area contributed by atoms with Crippen molar-refractivity contribution in [1.29, 1.82) is 0 Å². The van der Waals surface area contributed by atoms with Gasteiger partial charge in [0.2, 0.25) is 0 Å². The van der Waals surface area contributed by atoms with E-state index in [1.165, 1.54) is 12.1 Å². The summed E-state index contributed by atoms with van der Waals surface area (Å²) >= 11 is 0. The van der Waals surface area contributed by atoms with E-state index in [9.17, 15) is 9.90 Å². The Morgan fingerprint density at radius 1 is 0.750 bits per heavy atom. The smallest absolute Gasteiger partial charge is 0.335 e. The molecule has 118 valence electrons. The Hall–Kier alpha value is -3.27. The fourth-order valence-electron chi connectivity index (χ4n) is 2.85. The first-order valence-electron chi connectivity index (χ1n) is 7.55. The summed E-state index contributed by atoms with van der Waals surface area (Å²) in [6.07, 6.45) is 0. The van der Waals surface area contributed by atoms with E-state index in [1.54, 1.807) is 6.07 Å². The van der Waals surface area contributed by atoms with Crippen molar-refractivity contribution in [3.05, 3.63) is 95.6 Å². The number of fused-ring (bicyclic) bond motifs is 1. The second kappa shape index (κ2) is 5.42. The molecular formula is C20H14O4. The first-order valence-corrected chi connectivity index (χ1v) is 7.55. The molecule has 3 aromatic rings. The first-order chi connectivity index (χ1) is 11.7. The van der Waals surface area contributed by atoms with Crippen LogP contribution in [0.25, 0.3) is 0 Å². The predicted octanol–water partition coefficient (Wildman–Crippen LogP) is 4.06. The van der Waals surface area contributed by atoms with Crippen molar-refractivity contribution in [2.75, 3.05) is 0 Å². The van der Waals surface area contributed by atoms with E-state index in [0.29, 0.717) is 11.5 Å². The number of carboxylic acid groups (broad SMARTS) is 1. The molecule has 24 heavy (non-hydrogen) atoms. The zero-order valence-corrected chi connectivity index (χ0v) is 12.7. The van der Waals surface area contributed by atoms with Gasteiger partial charge >= 0.3 is 11.8 Å². The summed E-state index contributed by atoms with van der Waals surface area (Å²) in [5, 5.41) is 9.18. The number of hydrogen-bond donors (Lipinski definition) is 1. The Balaban J connectivity index is 1.87. The molecule has 4 nitrogen and oxygen atoms in total. The summed E-state index contributed by atoms with van der Waals surface area (Å²) in [5.74, 6) is -1.18. The molecule has 4 rings (SSSR count). The van der Waals surface area contributed by atoms with Crippen molar-refractivity contribution < 1.29 is 19.4 Å². The van der Waals surface area contributed by atoms with Gasteiger partial charge in [0.15, 0.2) is 11.5 Å². The van der Waals surface area contributed by atoms with Crippen LogP contribution in [0.5, 0.6) is 11.5 Å². The highest BCUT2D eigenvalue weighted by atomic mass is 16.7. The molecule has 0 bridgehead atoms. The van der Waals surface area contributed by atoms with E-state index in [2.05, 4.69) is 0 Å². The normalized spacial score (nSPS) is 14.3. The number of carboxylic acids is 1. The van der Waals surface area contributed by atoms with Crippen LogP contribution in [0.4, 0.5) is 0 Å². The summed E-state index contributed by atoms with van der Waals surface area (Å²) in [7, 11) is 0. The predicted molar refractivity (Wildman–Crippen MR) is 88.3 cm³/mol. The van der Waals surface area contributed by atoms with Crippen LogP contribution < -0.4 is 9.47 Å². The van der Waals surface area contributed by atoms with E-state index in [4.69, 9.17) is 9.47 Å². The number of rotatable bonds is 3. The Bertz CT molecular complexity index is 849. The fourth-order valence-corrected chi connectivity index (χ4v) is 2.85. The molecule has 0 spiro atoms. The number of carbonyl (C=O) groups is 1. The molecule has 4 heteroatoms. The molecule has 0 saturated carbocycles. The molecule has 0 amide bonds. The third-order valence-electron chi connectivity index (χ3n) is 4.01. The van der Waals surface area contributed by atoms with Gasteiger partial charge in [-0.2, -0.15) is 0 Å². The molecule has 0 aromatic heterocycles. The lowest BCUT2D eigenvalue weighted by Gasteiger charge is -2.28.